The van der Waals surface area contributed by atoms with Crippen LogP contribution in [0.2, 0.25) is 0 Å². The zero-order valence-electron chi connectivity index (χ0n) is 17.8. The van der Waals surface area contributed by atoms with Crippen LogP contribution in [0.4, 0.5) is 28.2 Å². The van der Waals surface area contributed by atoms with Gasteiger partial charge in [0, 0.05) is 0 Å². The Morgan fingerprint density at radius 3 is 1.47 bits per heavy atom. The molecule has 0 unspecified atom stereocenters. The summed E-state index contributed by atoms with van der Waals surface area (Å²) in [6, 6.07) is 8.11. The van der Waals surface area contributed by atoms with Gasteiger partial charge in [-0.1, -0.05) is 0 Å². The molecule has 0 saturated carbocycles. The predicted molar refractivity (Wildman–Crippen MR) is 120 cm³/mol. The number of benzene rings is 1. The fraction of sp³-hybridized carbons (Fsp3) is 0.667. The van der Waals surface area contributed by atoms with E-state index in [4.69, 9.17) is 4.62 Å². The number of halogens is 6. The van der Waals surface area contributed by atoms with Crippen molar-refractivity contribution < 1.29 is 32.9 Å². The number of hydrogen-bond donors (Lipinski definition) is 0. The molecular weight excluding hydrogens is 461 g/mol. The van der Waals surface area contributed by atoms with E-state index in [1.807, 2.05) is 18.2 Å². The zero-order valence-corrected chi connectivity index (χ0v) is 18.8. The molecule has 3 saturated heterocycles. The summed E-state index contributed by atoms with van der Waals surface area (Å²) in [4.78, 5) is 1.73. The van der Waals surface area contributed by atoms with Crippen molar-refractivity contribution in [3.8, 4) is 0 Å². The number of rotatable bonds is 5. The molecule has 1 aromatic heterocycles. The van der Waals surface area contributed by atoms with Crippen molar-refractivity contribution in [1.29, 1.82) is 0 Å². The number of aromatic nitrogens is 3. The summed E-state index contributed by atoms with van der Waals surface area (Å²) in [5.74, 6) is 0. The summed E-state index contributed by atoms with van der Waals surface area (Å²) < 4.78 is 15.0. The Labute approximate surface area is 183 Å². The second-order valence-electron chi connectivity index (χ2n) is 7.70. The van der Waals surface area contributed by atoms with Gasteiger partial charge < -0.3 is 0 Å². The van der Waals surface area contributed by atoms with Gasteiger partial charge in [-0.15, -0.1) is 0 Å². The second-order valence-corrected chi connectivity index (χ2v) is 10.9. The Morgan fingerprint density at radius 1 is 0.625 bits per heavy atom. The monoisotopic (exact) mass is 496 g/mol. The molecule has 3 aliphatic rings. The maximum atomic E-state index is 6.97. The molecule has 0 spiro atoms. The Kier molecular flexibility index (Phi) is 14.0. The van der Waals surface area contributed by atoms with Gasteiger partial charge >= 0.3 is 155 Å². The molecule has 7 nitrogen and oxygen atoms in total. The first-order valence-electron chi connectivity index (χ1n) is 10.1. The fourth-order valence-corrected chi connectivity index (χ4v) is 9.44. The van der Waals surface area contributed by atoms with Gasteiger partial charge in [-0.25, -0.2) is 0 Å². The van der Waals surface area contributed by atoms with Gasteiger partial charge in [-0.3, -0.25) is 28.2 Å². The molecule has 0 bridgehead atoms. The van der Waals surface area contributed by atoms with Crippen LogP contribution in [0.1, 0.15) is 38.5 Å². The van der Waals surface area contributed by atoms with Gasteiger partial charge in [0.2, 0.25) is 0 Å². The first-order chi connectivity index (χ1) is 12.9. The van der Waals surface area contributed by atoms with Crippen LogP contribution in [-0.2, 0) is 0 Å². The van der Waals surface area contributed by atoms with Crippen LogP contribution < -0.4 is 4.62 Å². The van der Waals surface area contributed by atoms with Gasteiger partial charge in [0.15, 0.2) is 0 Å². The number of nitrogens with zero attached hydrogens (tertiary/aromatic N) is 6. The van der Waals surface area contributed by atoms with Crippen LogP contribution in [0.15, 0.2) is 24.3 Å². The quantitative estimate of drug-likeness (QED) is 0.467. The average Bonchev–Trinajstić information content (AvgIpc) is 3.49. The third kappa shape index (κ3) is 5.44. The summed E-state index contributed by atoms with van der Waals surface area (Å²) in [5, 5.41) is 8.73. The standard InChI is InChI=1S/C18H29N6OP.6FH/c1-2-10-18-17(9-1)19-20-24(18)25-26(21-11-3-4-12-21,22-13-5-6-14-22)23-15-7-8-16-23;;;;;;/h1-2,9-10,26H,3-8,11-16H2;6*1H. The molecule has 1 aromatic carbocycles. The number of fused-ring (bicyclic) bond motifs is 1. The third-order valence-corrected chi connectivity index (χ3v) is 10.3. The van der Waals surface area contributed by atoms with Crippen molar-refractivity contribution in [2.45, 2.75) is 38.5 Å². The van der Waals surface area contributed by atoms with Crippen LogP contribution in [-0.4, -0.2) is 68.4 Å². The van der Waals surface area contributed by atoms with E-state index in [9.17, 15) is 0 Å². The molecule has 3 fully saturated rings. The summed E-state index contributed by atoms with van der Waals surface area (Å²) in [7, 11) is -2.46. The van der Waals surface area contributed by atoms with E-state index in [1.165, 1.54) is 38.5 Å². The van der Waals surface area contributed by atoms with Crippen LogP contribution in [0.3, 0.4) is 0 Å². The van der Waals surface area contributed by atoms with E-state index in [0.29, 0.717) is 0 Å². The van der Waals surface area contributed by atoms with E-state index in [2.05, 4.69) is 30.4 Å². The summed E-state index contributed by atoms with van der Waals surface area (Å²) >= 11 is 0. The van der Waals surface area contributed by atoms with Crippen LogP contribution in [0, 0.1) is 0 Å². The van der Waals surface area contributed by atoms with E-state index in [-0.39, 0.29) is 28.2 Å². The van der Waals surface area contributed by atoms with Crippen molar-refractivity contribution in [1.82, 2.24) is 29.2 Å². The minimum atomic E-state index is -2.46. The van der Waals surface area contributed by atoms with E-state index >= 15 is 0 Å². The molecule has 190 valence electrons. The SMILES string of the molecule is F.F.F.F.F.F.c1ccc2c(c1)nnn2O[PH](N1CCCC1)(N1CCCC1)N1CCCC1. The topological polar surface area (TPSA) is 49.7 Å². The first kappa shape index (κ1) is 32.5. The molecule has 32 heavy (non-hydrogen) atoms. The van der Waals surface area contributed by atoms with Gasteiger partial charge in [-0.2, -0.15) is 0 Å². The van der Waals surface area contributed by atoms with Gasteiger partial charge in [-0.05, 0) is 0 Å². The van der Waals surface area contributed by atoms with Crippen LogP contribution >= 0.6 is 7.94 Å². The average molecular weight is 496 g/mol. The molecule has 0 aliphatic carbocycles. The van der Waals surface area contributed by atoms with Gasteiger partial charge in [0.05, 0.1) is 0 Å². The predicted octanol–water partition coefficient (Wildman–Crippen LogP) is 3.47. The zero-order chi connectivity index (χ0) is 17.4. The summed E-state index contributed by atoms with van der Waals surface area (Å²) in [6.07, 6.45) is 7.65. The summed E-state index contributed by atoms with van der Waals surface area (Å²) in [5.41, 5.74) is 1.88. The van der Waals surface area contributed by atoms with E-state index in [1.54, 1.807) is 4.85 Å². The molecular formula is C18H35F6N6OP. The molecule has 2 aromatic rings. The van der Waals surface area contributed by atoms with Crippen LogP contribution in [0.25, 0.3) is 11.0 Å². The van der Waals surface area contributed by atoms with Crippen molar-refractivity contribution >= 4 is 19.0 Å². The van der Waals surface area contributed by atoms with E-state index < -0.39 is 7.94 Å². The van der Waals surface area contributed by atoms with Crippen molar-refractivity contribution in [2.75, 3.05) is 39.3 Å². The molecule has 0 N–H and O–H groups in total. The Balaban J connectivity index is 0. The van der Waals surface area contributed by atoms with Gasteiger partial charge in [0.1, 0.15) is 0 Å². The Morgan fingerprint density at radius 2 is 1.03 bits per heavy atom. The maximum absolute atomic E-state index is 6.97. The molecule has 14 heteroatoms. The normalized spacial score (nSPS) is 19.5. The first-order valence-corrected chi connectivity index (χ1v) is 11.9. The minimum absolute atomic E-state index is 0. The second kappa shape index (κ2) is 13.8. The molecule has 4 heterocycles. The van der Waals surface area contributed by atoms with Crippen molar-refractivity contribution in [3.05, 3.63) is 24.3 Å². The number of hydrogen-bond acceptors (Lipinski definition) is 6. The van der Waals surface area contributed by atoms with Crippen molar-refractivity contribution in [2.24, 2.45) is 0 Å². The molecule has 0 atom stereocenters. The summed E-state index contributed by atoms with van der Waals surface area (Å²) in [6.45, 7) is 6.87. The molecule has 0 radical (unpaired) electrons. The molecule has 0 amide bonds. The molecule has 3 aliphatic heterocycles. The Bertz CT molecular complexity index is 730. The third-order valence-electron chi connectivity index (χ3n) is 6.08. The van der Waals surface area contributed by atoms with Crippen molar-refractivity contribution in [3.63, 3.8) is 0 Å². The van der Waals surface area contributed by atoms with Gasteiger partial charge in [0.25, 0.3) is 0 Å². The Hall–Kier alpha value is -1.69. The number of para-hydroxylation sites is 1. The van der Waals surface area contributed by atoms with Crippen LogP contribution in [0.5, 0.6) is 0 Å². The molecule has 5 rings (SSSR count). The fourth-order valence-electron chi connectivity index (χ4n) is 4.83. The van der Waals surface area contributed by atoms with E-state index in [0.717, 1.165) is 50.3 Å².